The fourth-order valence-electron chi connectivity index (χ4n) is 2.66. The zero-order chi connectivity index (χ0) is 16.8. The summed E-state index contributed by atoms with van der Waals surface area (Å²) in [5.74, 6) is 0.873. The Morgan fingerprint density at radius 3 is 3.12 bits per heavy atom. The number of aryl methyl sites for hydroxylation is 1. The van der Waals surface area contributed by atoms with Gasteiger partial charge in [0, 0.05) is 19.1 Å². The van der Waals surface area contributed by atoms with Crippen molar-refractivity contribution in [2.45, 2.75) is 39.0 Å². The van der Waals surface area contributed by atoms with Crippen LogP contribution in [0.4, 0.5) is 5.69 Å². The van der Waals surface area contributed by atoms with E-state index < -0.39 is 0 Å². The Bertz CT molecular complexity index is 653. The van der Waals surface area contributed by atoms with Crippen molar-refractivity contribution in [3.63, 3.8) is 0 Å². The molecule has 1 fully saturated rings. The van der Waals surface area contributed by atoms with Gasteiger partial charge < -0.3 is 19.5 Å². The van der Waals surface area contributed by atoms with Gasteiger partial charge in [0.25, 0.3) is 0 Å². The summed E-state index contributed by atoms with van der Waals surface area (Å²) in [7, 11) is 1.68. The number of nitrogens with one attached hydrogen (secondary N) is 1. The van der Waals surface area contributed by atoms with Gasteiger partial charge in [-0.1, -0.05) is 6.07 Å². The highest BCUT2D eigenvalue weighted by molar-refractivity contribution is 7.09. The summed E-state index contributed by atoms with van der Waals surface area (Å²) in [6.07, 6.45) is 2.42. The summed E-state index contributed by atoms with van der Waals surface area (Å²) < 4.78 is 16.8. The van der Waals surface area contributed by atoms with Gasteiger partial charge in [-0.25, -0.2) is 4.98 Å². The average molecular weight is 348 g/mol. The van der Waals surface area contributed by atoms with E-state index in [1.54, 1.807) is 18.4 Å². The molecule has 2 aromatic rings. The second-order valence-electron chi connectivity index (χ2n) is 5.96. The molecule has 1 aromatic heterocycles. The first-order chi connectivity index (χ1) is 11.7. The molecule has 1 aliphatic heterocycles. The van der Waals surface area contributed by atoms with Crippen LogP contribution in [0, 0.1) is 6.92 Å². The number of benzene rings is 1. The summed E-state index contributed by atoms with van der Waals surface area (Å²) in [5, 5.41) is 6.48. The maximum Gasteiger partial charge on any atom is 0.142 e. The molecule has 1 aromatic carbocycles. The van der Waals surface area contributed by atoms with Crippen molar-refractivity contribution in [2.24, 2.45) is 0 Å². The second-order valence-corrected chi connectivity index (χ2v) is 6.91. The number of hydrogen-bond acceptors (Lipinski definition) is 6. The van der Waals surface area contributed by atoms with Gasteiger partial charge in [-0.3, -0.25) is 0 Å². The molecule has 0 amide bonds. The third kappa shape index (κ3) is 4.69. The minimum Gasteiger partial charge on any atom is -0.489 e. The second kappa shape index (κ2) is 8.46. The van der Waals surface area contributed by atoms with Crippen molar-refractivity contribution in [2.75, 3.05) is 25.6 Å². The van der Waals surface area contributed by atoms with Crippen LogP contribution in [-0.2, 0) is 22.6 Å². The number of aromatic nitrogens is 1. The zero-order valence-electron chi connectivity index (χ0n) is 14.2. The third-order valence-electron chi connectivity index (χ3n) is 3.91. The van der Waals surface area contributed by atoms with E-state index in [9.17, 15) is 0 Å². The Kier molecular flexibility index (Phi) is 6.07. The molecule has 6 heteroatoms. The lowest BCUT2D eigenvalue weighted by Gasteiger charge is -2.16. The van der Waals surface area contributed by atoms with Gasteiger partial charge in [-0.15, -0.1) is 11.3 Å². The van der Waals surface area contributed by atoms with Crippen LogP contribution in [0.2, 0.25) is 0 Å². The summed E-state index contributed by atoms with van der Waals surface area (Å²) in [4.78, 5) is 4.54. The normalized spacial score (nSPS) is 17.2. The quantitative estimate of drug-likeness (QED) is 0.787. The van der Waals surface area contributed by atoms with Crippen molar-refractivity contribution in [1.82, 2.24) is 4.98 Å². The molecule has 0 saturated carbocycles. The Labute approximate surface area is 147 Å². The van der Waals surface area contributed by atoms with E-state index in [0.29, 0.717) is 19.8 Å². The summed E-state index contributed by atoms with van der Waals surface area (Å²) >= 11 is 1.62. The van der Waals surface area contributed by atoms with Gasteiger partial charge in [0.05, 0.1) is 30.6 Å². The topological polar surface area (TPSA) is 52.6 Å². The van der Waals surface area contributed by atoms with Crippen LogP contribution in [0.3, 0.4) is 0 Å². The van der Waals surface area contributed by atoms with Crippen molar-refractivity contribution >= 4 is 17.0 Å². The number of rotatable bonds is 8. The zero-order valence-corrected chi connectivity index (χ0v) is 15.0. The number of anilines is 1. The maximum atomic E-state index is 6.01. The van der Waals surface area contributed by atoms with E-state index in [-0.39, 0.29) is 6.10 Å². The third-order valence-corrected chi connectivity index (χ3v) is 4.78. The summed E-state index contributed by atoms with van der Waals surface area (Å²) in [5.41, 5.74) is 3.18. The molecular formula is C18H24N2O3S. The highest BCUT2D eigenvalue weighted by atomic mass is 32.1. The molecule has 1 saturated heterocycles. The van der Waals surface area contributed by atoms with Crippen LogP contribution in [0.15, 0.2) is 23.6 Å². The molecule has 3 rings (SSSR count). The van der Waals surface area contributed by atoms with Crippen LogP contribution in [0.1, 0.15) is 29.1 Å². The van der Waals surface area contributed by atoms with Gasteiger partial charge in [0.2, 0.25) is 0 Å². The van der Waals surface area contributed by atoms with Gasteiger partial charge in [0.1, 0.15) is 17.4 Å². The molecule has 0 radical (unpaired) electrons. The molecule has 0 aliphatic carbocycles. The fraction of sp³-hybridized carbons (Fsp3) is 0.500. The van der Waals surface area contributed by atoms with Crippen LogP contribution in [0.25, 0.3) is 0 Å². The van der Waals surface area contributed by atoms with E-state index in [1.165, 1.54) is 5.56 Å². The van der Waals surface area contributed by atoms with Crippen molar-refractivity contribution in [3.8, 4) is 5.75 Å². The lowest BCUT2D eigenvalue weighted by molar-refractivity contribution is 0.0682. The SMILES string of the molecule is COCc1nc(CNc2ccc(C)cc2OC[C@@H]2CCCO2)cs1. The fourth-order valence-corrected chi connectivity index (χ4v) is 3.42. The Morgan fingerprint density at radius 2 is 2.33 bits per heavy atom. The van der Waals surface area contributed by atoms with Gasteiger partial charge in [-0.05, 0) is 37.5 Å². The van der Waals surface area contributed by atoms with E-state index in [4.69, 9.17) is 14.2 Å². The number of nitrogens with zero attached hydrogens (tertiary/aromatic N) is 1. The van der Waals surface area contributed by atoms with Crippen molar-refractivity contribution in [3.05, 3.63) is 39.8 Å². The first kappa shape index (κ1) is 17.2. The number of ether oxygens (including phenoxy) is 3. The molecule has 0 unspecified atom stereocenters. The van der Waals surface area contributed by atoms with Crippen LogP contribution < -0.4 is 10.1 Å². The molecule has 130 valence electrons. The maximum absolute atomic E-state index is 6.01. The Morgan fingerprint density at radius 1 is 1.42 bits per heavy atom. The lowest BCUT2D eigenvalue weighted by atomic mass is 10.2. The average Bonchev–Trinajstić information content (AvgIpc) is 3.24. The summed E-state index contributed by atoms with van der Waals surface area (Å²) in [6, 6.07) is 6.20. The molecule has 2 heterocycles. The molecule has 24 heavy (non-hydrogen) atoms. The lowest BCUT2D eigenvalue weighted by Crippen LogP contribution is -2.17. The standard InChI is InChI=1S/C18H24N2O3S/c1-13-5-6-16(17(8-13)23-10-15-4-3-7-22-15)19-9-14-12-24-18(20-14)11-21-2/h5-6,8,12,15,19H,3-4,7,9-11H2,1-2H3/t15-/m0/s1. The van der Waals surface area contributed by atoms with Crippen molar-refractivity contribution < 1.29 is 14.2 Å². The summed E-state index contributed by atoms with van der Waals surface area (Å²) in [6.45, 7) is 4.75. The van der Waals surface area contributed by atoms with Gasteiger partial charge >= 0.3 is 0 Å². The molecule has 5 nitrogen and oxygen atoms in total. The minimum atomic E-state index is 0.216. The van der Waals surface area contributed by atoms with Crippen molar-refractivity contribution in [1.29, 1.82) is 0 Å². The predicted molar refractivity (Wildman–Crippen MR) is 95.8 cm³/mol. The largest absolute Gasteiger partial charge is 0.489 e. The smallest absolute Gasteiger partial charge is 0.142 e. The molecular weight excluding hydrogens is 324 g/mol. The molecule has 1 atom stereocenters. The van der Waals surface area contributed by atoms with Crippen LogP contribution in [-0.4, -0.2) is 31.4 Å². The predicted octanol–water partition coefficient (Wildman–Crippen LogP) is 3.77. The van der Waals surface area contributed by atoms with E-state index >= 15 is 0 Å². The van der Waals surface area contributed by atoms with Crippen LogP contribution >= 0.6 is 11.3 Å². The minimum absolute atomic E-state index is 0.216. The van der Waals surface area contributed by atoms with Gasteiger partial charge in [-0.2, -0.15) is 0 Å². The Hall–Kier alpha value is -1.63. The molecule has 1 aliphatic rings. The van der Waals surface area contributed by atoms with Gasteiger partial charge in [0.15, 0.2) is 0 Å². The highest BCUT2D eigenvalue weighted by Crippen LogP contribution is 2.27. The number of hydrogen-bond donors (Lipinski definition) is 1. The molecule has 1 N–H and O–H groups in total. The van der Waals surface area contributed by atoms with Crippen LogP contribution in [0.5, 0.6) is 5.75 Å². The van der Waals surface area contributed by atoms with E-state index in [0.717, 1.165) is 41.6 Å². The first-order valence-electron chi connectivity index (χ1n) is 8.26. The Balaban J connectivity index is 1.60. The number of methoxy groups -OCH3 is 1. The number of thiazole rings is 1. The first-order valence-corrected chi connectivity index (χ1v) is 9.13. The van der Waals surface area contributed by atoms with E-state index in [1.807, 2.05) is 0 Å². The van der Waals surface area contributed by atoms with E-state index in [2.05, 4.69) is 40.8 Å². The molecule has 0 spiro atoms. The monoisotopic (exact) mass is 348 g/mol. The highest BCUT2D eigenvalue weighted by Gasteiger charge is 2.17. The molecule has 0 bridgehead atoms.